The number of hydrogen-bond acceptors (Lipinski definition) is 5. The van der Waals surface area contributed by atoms with Crippen LogP contribution in [0.25, 0.3) is 21.7 Å². The van der Waals surface area contributed by atoms with Crippen LogP contribution in [0.4, 0.5) is 10.8 Å². The van der Waals surface area contributed by atoms with Crippen LogP contribution in [0.2, 0.25) is 5.02 Å². The molecule has 0 aliphatic rings. The van der Waals surface area contributed by atoms with Gasteiger partial charge in [-0.1, -0.05) is 66.3 Å². The van der Waals surface area contributed by atoms with Crippen LogP contribution >= 0.6 is 22.9 Å². The highest BCUT2D eigenvalue weighted by atomic mass is 35.5. The summed E-state index contributed by atoms with van der Waals surface area (Å²) in [6, 6.07) is 22.2. The molecule has 0 saturated carbocycles. The fourth-order valence-corrected chi connectivity index (χ4v) is 4.13. The molecule has 1 heterocycles. The van der Waals surface area contributed by atoms with Gasteiger partial charge in [0.15, 0.2) is 0 Å². The summed E-state index contributed by atoms with van der Waals surface area (Å²) >= 11 is 7.39. The first-order chi connectivity index (χ1) is 15.0. The predicted molar refractivity (Wildman–Crippen MR) is 128 cm³/mol. The van der Waals surface area contributed by atoms with Gasteiger partial charge in [0.2, 0.25) is 5.13 Å². The molecule has 0 bridgehead atoms. The van der Waals surface area contributed by atoms with E-state index in [-0.39, 0.29) is 5.69 Å². The zero-order chi connectivity index (χ0) is 21.8. The molecule has 0 aliphatic carbocycles. The lowest BCUT2D eigenvalue weighted by molar-refractivity contribution is -0.384. The molecule has 0 amide bonds. The molecular formula is C24H18ClN3O2S. The van der Waals surface area contributed by atoms with Crippen molar-refractivity contribution in [2.24, 2.45) is 4.99 Å². The van der Waals surface area contributed by atoms with Crippen molar-refractivity contribution in [3.05, 3.63) is 99.1 Å². The Kier molecular flexibility index (Phi) is 6.21. The van der Waals surface area contributed by atoms with Crippen molar-refractivity contribution in [1.29, 1.82) is 0 Å². The molecule has 31 heavy (non-hydrogen) atoms. The van der Waals surface area contributed by atoms with E-state index in [0.29, 0.717) is 10.2 Å². The monoisotopic (exact) mass is 447 g/mol. The Morgan fingerprint density at radius 3 is 2.26 bits per heavy atom. The number of rotatable bonds is 6. The Hall–Kier alpha value is -3.35. The molecule has 0 spiro atoms. The quantitative estimate of drug-likeness (QED) is 0.176. The molecule has 3 aromatic carbocycles. The number of aliphatic imine (C=N–C) groups is 1. The average Bonchev–Trinajstić information content (AvgIpc) is 3.23. The SMILES string of the molecule is CCc1ccc(-c2nc(N=Cc3ccc(Cl)cc3)sc2-c2ccc([N+](=O)[O-])cc2)cc1. The predicted octanol–water partition coefficient (Wildman–Crippen LogP) is 7.35. The van der Waals surface area contributed by atoms with Crippen LogP contribution in [0, 0.1) is 10.1 Å². The lowest BCUT2D eigenvalue weighted by Crippen LogP contribution is -1.88. The molecule has 4 aromatic rings. The van der Waals surface area contributed by atoms with E-state index in [4.69, 9.17) is 16.6 Å². The summed E-state index contributed by atoms with van der Waals surface area (Å²) in [5, 5.41) is 12.3. The molecule has 7 heteroatoms. The van der Waals surface area contributed by atoms with E-state index in [2.05, 4.69) is 36.2 Å². The van der Waals surface area contributed by atoms with E-state index < -0.39 is 4.92 Å². The van der Waals surface area contributed by atoms with Gasteiger partial charge in [0.05, 0.1) is 15.5 Å². The summed E-state index contributed by atoms with van der Waals surface area (Å²) < 4.78 is 0. The molecule has 0 radical (unpaired) electrons. The summed E-state index contributed by atoms with van der Waals surface area (Å²) in [4.78, 5) is 20.8. The molecule has 0 atom stereocenters. The van der Waals surface area contributed by atoms with E-state index >= 15 is 0 Å². The molecule has 154 valence electrons. The Bertz CT molecular complexity index is 1230. The van der Waals surface area contributed by atoms with Gasteiger partial charge in [-0.2, -0.15) is 0 Å². The maximum atomic E-state index is 11.0. The van der Waals surface area contributed by atoms with Crippen molar-refractivity contribution in [3.8, 4) is 21.7 Å². The Balaban J connectivity index is 1.75. The second-order valence-corrected chi connectivity index (χ2v) is 8.25. The Labute approximate surface area is 188 Å². The highest BCUT2D eigenvalue weighted by molar-refractivity contribution is 7.19. The van der Waals surface area contributed by atoms with Crippen molar-refractivity contribution in [2.75, 3.05) is 0 Å². The summed E-state index contributed by atoms with van der Waals surface area (Å²) in [7, 11) is 0. The van der Waals surface area contributed by atoms with Gasteiger partial charge in [-0.05, 0) is 47.4 Å². The molecule has 0 fully saturated rings. The summed E-state index contributed by atoms with van der Waals surface area (Å²) in [5.74, 6) is 0. The van der Waals surface area contributed by atoms with E-state index in [1.54, 1.807) is 18.3 Å². The maximum Gasteiger partial charge on any atom is 0.269 e. The number of benzene rings is 3. The first-order valence-electron chi connectivity index (χ1n) is 9.68. The van der Waals surface area contributed by atoms with Gasteiger partial charge in [0.1, 0.15) is 0 Å². The van der Waals surface area contributed by atoms with Gasteiger partial charge in [0, 0.05) is 28.9 Å². The zero-order valence-electron chi connectivity index (χ0n) is 16.7. The fraction of sp³-hybridized carbons (Fsp3) is 0.0833. The average molecular weight is 448 g/mol. The molecule has 0 saturated heterocycles. The second kappa shape index (κ2) is 9.20. The van der Waals surface area contributed by atoms with Crippen LogP contribution in [0.5, 0.6) is 0 Å². The van der Waals surface area contributed by atoms with E-state index in [0.717, 1.165) is 33.7 Å². The topological polar surface area (TPSA) is 68.4 Å². The van der Waals surface area contributed by atoms with Crippen LogP contribution in [0.3, 0.4) is 0 Å². The highest BCUT2D eigenvalue weighted by Gasteiger charge is 2.16. The molecule has 0 unspecified atom stereocenters. The number of nitro benzene ring substituents is 1. The normalized spacial score (nSPS) is 11.2. The number of nitrogens with zero attached hydrogens (tertiary/aromatic N) is 3. The van der Waals surface area contributed by atoms with Crippen LogP contribution < -0.4 is 0 Å². The van der Waals surface area contributed by atoms with Gasteiger partial charge >= 0.3 is 0 Å². The minimum absolute atomic E-state index is 0.0584. The molecular weight excluding hydrogens is 430 g/mol. The Morgan fingerprint density at radius 1 is 1.00 bits per heavy atom. The van der Waals surface area contributed by atoms with Crippen molar-refractivity contribution < 1.29 is 4.92 Å². The van der Waals surface area contributed by atoms with Gasteiger partial charge in [-0.25, -0.2) is 9.98 Å². The molecule has 0 aliphatic heterocycles. The van der Waals surface area contributed by atoms with Gasteiger partial charge in [0.25, 0.3) is 5.69 Å². The number of halogens is 1. The number of aromatic nitrogens is 1. The molecule has 1 aromatic heterocycles. The standard InChI is InChI=1S/C24H18ClN3O2S/c1-2-16-3-7-18(8-4-16)22-23(19-9-13-21(14-10-19)28(29)30)31-24(27-22)26-15-17-5-11-20(25)12-6-17/h3-15H,2H2,1H3. The van der Waals surface area contributed by atoms with Gasteiger partial charge < -0.3 is 0 Å². The fourth-order valence-electron chi connectivity index (χ4n) is 3.07. The third kappa shape index (κ3) is 4.87. The lowest BCUT2D eigenvalue weighted by Gasteiger charge is -2.04. The smallest absolute Gasteiger partial charge is 0.258 e. The highest BCUT2D eigenvalue weighted by Crippen LogP contribution is 2.40. The molecule has 0 N–H and O–H groups in total. The van der Waals surface area contributed by atoms with Gasteiger partial charge in [-0.15, -0.1) is 0 Å². The van der Waals surface area contributed by atoms with Crippen LogP contribution in [0.15, 0.2) is 77.8 Å². The minimum atomic E-state index is -0.400. The Morgan fingerprint density at radius 2 is 1.65 bits per heavy atom. The van der Waals surface area contributed by atoms with E-state index in [1.165, 1.54) is 29.0 Å². The van der Waals surface area contributed by atoms with Crippen molar-refractivity contribution in [2.45, 2.75) is 13.3 Å². The first kappa shape index (κ1) is 20.9. The van der Waals surface area contributed by atoms with Crippen LogP contribution in [-0.2, 0) is 6.42 Å². The molecule has 5 nitrogen and oxygen atoms in total. The summed E-state index contributed by atoms with van der Waals surface area (Å²) in [6.07, 6.45) is 2.71. The third-order valence-electron chi connectivity index (χ3n) is 4.79. The number of hydrogen-bond donors (Lipinski definition) is 0. The summed E-state index contributed by atoms with van der Waals surface area (Å²) in [6.45, 7) is 2.11. The third-order valence-corrected chi connectivity index (χ3v) is 6.05. The number of non-ortho nitro benzene ring substituents is 1. The maximum absolute atomic E-state index is 11.0. The number of thiazole rings is 1. The van der Waals surface area contributed by atoms with Gasteiger partial charge in [-0.3, -0.25) is 10.1 Å². The summed E-state index contributed by atoms with van der Waals surface area (Å²) in [5.41, 5.74) is 4.88. The number of nitro groups is 1. The minimum Gasteiger partial charge on any atom is -0.258 e. The van der Waals surface area contributed by atoms with E-state index in [9.17, 15) is 10.1 Å². The van der Waals surface area contributed by atoms with Crippen LogP contribution in [0.1, 0.15) is 18.1 Å². The van der Waals surface area contributed by atoms with Crippen molar-refractivity contribution in [1.82, 2.24) is 4.98 Å². The lowest BCUT2D eigenvalue weighted by atomic mass is 10.0. The second-order valence-electron chi connectivity index (χ2n) is 6.84. The van der Waals surface area contributed by atoms with Crippen molar-refractivity contribution >= 4 is 40.0 Å². The first-order valence-corrected chi connectivity index (χ1v) is 10.9. The zero-order valence-corrected chi connectivity index (χ0v) is 18.2. The van der Waals surface area contributed by atoms with Crippen molar-refractivity contribution in [3.63, 3.8) is 0 Å². The number of aryl methyl sites for hydroxylation is 1. The van der Waals surface area contributed by atoms with E-state index in [1.807, 2.05) is 24.3 Å². The largest absolute Gasteiger partial charge is 0.269 e. The van der Waals surface area contributed by atoms with Crippen LogP contribution in [-0.4, -0.2) is 16.1 Å². The molecule has 4 rings (SSSR count).